The molecular formula is C24H17F4N5OS. The first-order chi connectivity index (χ1) is 16.8. The molecule has 178 valence electrons. The molecule has 0 fully saturated rings. The minimum absolute atomic E-state index is 0.0142. The minimum Gasteiger partial charge on any atom is -0.325 e. The van der Waals surface area contributed by atoms with Gasteiger partial charge in [-0.25, -0.2) is 9.07 Å². The van der Waals surface area contributed by atoms with Crippen LogP contribution in [0, 0.1) is 5.82 Å². The van der Waals surface area contributed by atoms with E-state index in [2.05, 4.69) is 20.9 Å². The van der Waals surface area contributed by atoms with Gasteiger partial charge in [0.05, 0.1) is 11.6 Å². The predicted molar refractivity (Wildman–Crippen MR) is 124 cm³/mol. The second-order valence-electron chi connectivity index (χ2n) is 7.77. The largest absolute Gasteiger partial charge is 0.416 e. The number of aromatic nitrogens is 3. The standard InChI is InChI=1S/C24H17F4N5OS/c25-17-11-9-14(10-12-17)19-20(22(34)29-18-8-4-7-16(13-18)24(26,27)28)35-23-31-30-21(33(23)32-19)15-5-2-1-3-6-15/h1-13,19-20,32H,(H,29,34)/t19-,20+/m1/s1. The predicted octanol–water partition coefficient (Wildman–Crippen LogP) is 5.50. The van der Waals surface area contributed by atoms with Crippen LogP contribution in [0.1, 0.15) is 17.2 Å². The summed E-state index contributed by atoms with van der Waals surface area (Å²) >= 11 is 1.12. The number of fused-ring (bicyclic) bond motifs is 1. The Balaban J connectivity index is 1.49. The van der Waals surface area contributed by atoms with Gasteiger partial charge in [-0.2, -0.15) is 13.2 Å². The van der Waals surface area contributed by atoms with Crippen LogP contribution in [0.15, 0.2) is 84.0 Å². The van der Waals surface area contributed by atoms with Crippen molar-refractivity contribution in [3.63, 3.8) is 0 Å². The molecule has 1 aromatic heterocycles. The fraction of sp³-hybridized carbons (Fsp3) is 0.125. The van der Waals surface area contributed by atoms with Crippen molar-refractivity contribution in [1.82, 2.24) is 14.9 Å². The highest BCUT2D eigenvalue weighted by Crippen LogP contribution is 2.39. The molecule has 1 amide bonds. The molecule has 0 bridgehead atoms. The maximum absolute atomic E-state index is 13.6. The zero-order valence-electron chi connectivity index (χ0n) is 17.8. The Morgan fingerprint density at radius 2 is 1.71 bits per heavy atom. The van der Waals surface area contributed by atoms with E-state index in [0.717, 1.165) is 29.5 Å². The fourth-order valence-corrected chi connectivity index (χ4v) is 4.82. The molecule has 1 aliphatic heterocycles. The number of nitrogens with one attached hydrogen (secondary N) is 2. The Kier molecular flexibility index (Phi) is 5.93. The molecule has 0 unspecified atom stereocenters. The lowest BCUT2D eigenvalue weighted by Gasteiger charge is -2.33. The van der Waals surface area contributed by atoms with Crippen LogP contribution in [0.2, 0.25) is 0 Å². The van der Waals surface area contributed by atoms with Gasteiger partial charge in [-0.3, -0.25) is 4.79 Å². The Morgan fingerprint density at radius 3 is 2.43 bits per heavy atom. The maximum atomic E-state index is 13.6. The number of carbonyl (C=O) groups excluding carboxylic acids is 1. The molecule has 5 rings (SSSR count). The number of halogens is 4. The number of anilines is 1. The van der Waals surface area contributed by atoms with Crippen LogP contribution in [-0.2, 0) is 11.0 Å². The van der Waals surface area contributed by atoms with E-state index in [-0.39, 0.29) is 5.69 Å². The molecule has 0 spiro atoms. The molecule has 0 radical (unpaired) electrons. The monoisotopic (exact) mass is 499 g/mol. The summed E-state index contributed by atoms with van der Waals surface area (Å²) in [4.78, 5) is 13.3. The number of thioether (sulfide) groups is 1. The van der Waals surface area contributed by atoms with Crippen molar-refractivity contribution in [2.45, 2.75) is 22.6 Å². The summed E-state index contributed by atoms with van der Waals surface area (Å²) in [5, 5.41) is 10.6. The SMILES string of the molecule is O=C(Nc1cccc(C(F)(F)F)c1)[C@H]1Sc2nnc(-c3ccccc3)n2N[C@@H]1c1ccc(F)cc1. The zero-order valence-corrected chi connectivity index (χ0v) is 18.6. The van der Waals surface area contributed by atoms with Gasteiger partial charge >= 0.3 is 6.18 Å². The molecule has 0 saturated carbocycles. The highest BCUT2D eigenvalue weighted by Gasteiger charge is 2.38. The van der Waals surface area contributed by atoms with Crippen molar-refractivity contribution >= 4 is 23.4 Å². The third-order valence-corrected chi connectivity index (χ3v) is 6.63. The molecule has 35 heavy (non-hydrogen) atoms. The topological polar surface area (TPSA) is 71.8 Å². The van der Waals surface area contributed by atoms with Crippen molar-refractivity contribution in [3.05, 3.63) is 95.8 Å². The minimum atomic E-state index is -4.54. The molecule has 3 aromatic carbocycles. The van der Waals surface area contributed by atoms with Gasteiger partial charge in [0.15, 0.2) is 5.82 Å². The van der Waals surface area contributed by atoms with Gasteiger partial charge < -0.3 is 10.7 Å². The van der Waals surface area contributed by atoms with Gasteiger partial charge in [-0.05, 0) is 35.9 Å². The lowest BCUT2D eigenvalue weighted by Crippen LogP contribution is -2.41. The molecule has 6 nitrogen and oxygen atoms in total. The molecule has 0 aliphatic carbocycles. The van der Waals surface area contributed by atoms with Crippen molar-refractivity contribution in [2.75, 3.05) is 10.7 Å². The lowest BCUT2D eigenvalue weighted by atomic mass is 10.0. The van der Waals surface area contributed by atoms with E-state index in [1.165, 1.54) is 24.3 Å². The summed E-state index contributed by atoms with van der Waals surface area (Å²) in [6.45, 7) is 0. The van der Waals surface area contributed by atoms with Crippen molar-refractivity contribution in [1.29, 1.82) is 0 Å². The molecule has 0 saturated heterocycles. The van der Waals surface area contributed by atoms with Crippen molar-refractivity contribution in [2.24, 2.45) is 0 Å². The van der Waals surface area contributed by atoms with Gasteiger partial charge in [0.25, 0.3) is 0 Å². The first-order valence-corrected chi connectivity index (χ1v) is 11.4. The highest BCUT2D eigenvalue weighted by atomic mass is 32.2. The van der Waals surface area contributed by atoms with E-state index in [1.54, 1.807) is 16.8 Å². The van der Waals surface area contributed by atoms with Crippen molar-refractivity contribution in [3.8, 4) is 11.4 Å². The Bertz CT molecular complexity index is 1360. The van der Waals surface area contributed by atoms with E-state index in [9.17, 15) is 22.4 Å². The second-order valence-corrected chi connectivity index (χ2v) is 8.88. The number of alkyl halides is 3. The van der Waals surface area contributed by atoms with Crippen LogP contribution < -0.4 is 10.7 Å². The summed E-state index contributed by atoms with van der Waals surface area (Å²) < 4.78 is 54.6. The average Bonchev–Trinajstić information content (AvgIpc) is 3.27. The van der Waals surface area contributed by atoms with E-state index in [1.807, 2.05) is 30.3 Å². The van der Waals surface area contributed by atoms with Crippen LogP contribution in [-0.4, -0.2) is 26.0 Å². The number of carbonyl (C=O) groups is 1. The molecular weight excluding hydrogens is 482 g/mol. The molecule has 2 heterocycles. The number of hydrogen-bond donors (Lipinski definition) is 2. The van der Waals surface area contributed by atoms with Gasteiger partial charge in [-0.1, -0.05) is 60.3 Å². The third-order valence-electron chi connectivity index (χ3n) is 5.41. The smallest absolute Gasteiger partial charge is 0.325 e. The number of rotatable bonds is 4. The number of hydrogen-bond acceptors (Lipinski definition) is 5. The number of benzene rings is 3. The van der Waals surface area contributed by atoms with Crippen LogP contribution in [0.25, 0.3) is 11.4 Å². The lowest BCUT2D eigenvalue weighted by molar-refractivity contribution is -0.137. The Hall–Kier alpha value is -3.86. The summed E-state index contributed by atoms with van der Waals surface area (Å²) in [6.07, 6.45) is -4.54. The fourth-order valence-electron chi connectivity index (χ4n) is 3.74. The second kappa shape index (κ2) is 9.06. The van der Waals surface area contributed by atoms with Gasteiger partial charge in [0, 0.05) is 11.3 Å². The summed E-state index contributed by atoms with van der Waals surface area (Å²) in [5.74, 6) is -0.444. The summed E-state index contributed by atoms with van der Waals surface area (Å²) in [5.41, 5.74) is 3.79. The normalized spacial score (nSPS) is 17.4. The van der Waals surface area contributed by atoms with E-state index in [4.69, 9.17) is 0 Å². The molecule has 1 aliphatic rings. The van der Waals surface area contributed by atoms with Crippen LogP contribution in [0.4, 0.5) is 23.2 Å². The number of amides is 1. The molecule has 2 N–H and O–H groups in total. The maximum Gasteiger partial charge on any atom is 0.416 e. The van der Waals surface area contributed by atoms with E-state index >= 15 is 0 Å². The van der Waals surface area contributed by atoms with Crippen LogP contribution in [0.5, 0.6) is 0 Å². The van der Waals surface area contributed by atoms with Gasteiger partial charge in [0.2, 0.25) is 11.1 Å². The van der Waals surface area contributed by atoms with E-state index in [0.29, 0.717) is 16.5 Å². The van der Waals surface area contributed by atoms with Crippen LogP contribution in [0.3, 0.4) is 0 Å². The summed E-state index contributed by atoms with van der Waals surface area (Å²) in [7, 11) is 0. The molecule has 2 atom stereocenters. The third kappa shape index (κ3) is 4.72. The van der Waals surface area contributed by atoms with Gasteiger partial charge in [-0.15, -0.1) is 10.2 Å². The van der Waals surface area contributed by atoms with Gasteiger partial charge in [0.1, 0.15) is 11.1 Å². The first kappa shape index (κ1) is 22.9. The Labute approximate surface area is 201 Å². The quantitative estimate of drug-likeness (QED) is 0.363. The van der Waals surface area contributed by atoms with Crippen molar-refractivity contribution < 1.29 is 22.4 Å². The summed E-state index contributed by atoms with van der Waals surface area (Å²) in [6, 6.07) is 18.7. The number of nitrogens with zero attached hydrogens (tertiary/aromatic N) is 3. The zero-order chi connectivity index (χ0) is 24.6. The molecule has 4 aromatic rings. The highest BCUT2D eigenvalue weighted by molar-refractivity contribution is 8.00. The first-order valence-electron chi connectivity index (χ1n) is 10.5. The van der Waals surface area contributed by atoms with Crippen LogP contribution >= 0.6 is 11.8 Å². The average molecular weight is 499 g/mol. The van der Waals surface area contributed by atoms with E-state index < -0.39 is 34.8 Å². The Morgan fingerprint density at radius 1 is 0.971 bits per heavy atom. The molecule has 11 heteroatoms.